The van der Waals surface area contributed by atoms with Crippen LogP contribution >= 0.6 is 0 Å². The molecule has 2 heteroatoms. The zero-order valence-electron chi connectivity index (χ0n) is 12.8. The average Bonchev–Trinajstić information content (AvgIpc) is 2.99. The van der Waals surface area contributed by atoms with Crippen LogP contribution in [0.1, 0.15) is 44.2 Å². The van der Waals surface area contributed by atoms with Crippen LogP contribution in [0.5, 0.6) is 0 Å². The molecule has 110 valence electrons. The molecule has 3 atom stereocenters. The van der Waals surface area contributed by atoms with Crippen molar-refractivity contribution in [3.8, 4) is 0 Å². The first-order valence-electron chi connectivity index (χ1n) is 8.47. The molecule has 0 aliphatic heterocycles. The molecule has 2 aromatic rings. The first-order chi connectivity index (χ1) is 10.4. The number of nitrogens with one attached hydrogen (secondary N) is 1. The van der Waals surface area contributed by atoms with Gasteiger partial charge in [-0.2, -0.15) is 0 Å². The molecular formula is C19H24N2. The van der Waals surface area contributed by atoms with Crippen LogP contribution in [0.3, 0.4) is 0 Å². The largest absolute Gasteiger partial charge is 0.310 e. The number of nitrogens with zero attached hydrogens (tertiary/aromatic N) is 1. The summed E-state index contributed by atoms with van der Waals surface area (Å²) < 4.78 is 0. The van der Waals surface area contributed by atoms with Gasteiger partial charge in [0.25, 0.3) is 0 Å². The van der Waals surface area contributed by atoms with E-state index in [1.165, 1.54) is 36.6 Å². The Bertz CT molecular complexity index is 621. The number of aromatic nitrogens is 1. The Balaban J connectivity index is 1.71. The highest BCUT2D eigenvalue weighted by atomic mass is 14.9. The first kappa shape index (κ1) is 13.3. The van der Waals surface area contributed by atoms with E-state index in [1.54, 1.807) is 0 Å². The molecule has 1 aromatic carbocycles. The predicted octanol–water partition coefficient (Wildman–Crippen LogP) is 4.32. The normalized spacial score (nSPS) is 28.5. The molecule has 4 rings (SSSR count). The van der Waals surface area contributed by atoms with Gasteiger partial charge < -0.3 is 5.32 Å². The van der Waals surface area contributed by atoms with Gasteiger partial charge in [0.1, 0.15) is 0 Å². The number of hydrogen-bond acceptors (Lipinski definition) is 2. The van der Waals surface area contributed by atoms with Crippen molar-refractivity contribution in [3.63, 3.8) is 0 Å². The topological polar surface area (TPSA) is 24.9 Å². The van der Waals surface area contributed by atoms with Gasteiger partial charge in [-0.15, -0.1) is 0 Å². The van der Waals surface area contributed by atoms with Gasteiger partial charge in [0.05, 0.1) is 5.52 Å². The second-order valence-corrected chi connectivity index (χ2v) is 6.69. The molecule has 2 aliphatic rings. The van der Waals surface area contributed by atoms with Gasteiger partial charge in [0, 0.05) is 17.6 Å². The maximum Gasteiger partial charge on any atom is 0.0705 e. The molecule has 3 unspecified atom stereocenters. The van der Waals surface area contributed by atoms with E-state index < -0.39 is 0 Å². The van der Waals surface area contributed by atoms with Crippen molar-refractivity contribution in [3.05, 3.63) is 42.1 Å². The van der Waals surface area contributed by atoms with E-state index in [4.69, 9.17) is 0 Å². The number of hydrogen-bond donors (Lipinski definition) is 1. The Morgan fingerprint density at radius 2 is 2.05 bits per heavy atom. The minimum Gasteiger partial charge on any atom is -0.310 e. The molecule has 1 N–H and O–H groups in total. The molecule has 0 bridgehead atoms. The second kappa shape index (κ2) is 5.42. The minimum absolute atomic E-state index is 0.521. The Morgan fingerprint density at radius 3 is 2.86 bits per heavy atom. The molecule has 2 nitrogen and oxygen atoms in total. The van der Waals surface area contributed by atoms with E-state index in [2.05, 4.69) is 47.6 Å². The van der Waals surface area contributed by atoms with Crippen LogP contribution in [-0.2, 0) is 0 Å². The van der Waals surface area contributed by atoms with Crippen molar-refractivity contribution in [1.82, 2.24) is 10.3 Å². The standard InChI is InChI=1S/C19H24N2/c1-2-11-21-19(18-14-6-3-7-15(14)18)16-8-4-10-17-13(16)9-5-12-20-17/h4-5,8-10,12,14-15,18-19,21H,2-3,6-7,11H2,1H3. The van der Waals surface area contributed by atoms with Crippen LogP contribution in [0.25, 0.3) is 10.9 Å². The van der Waals surface area contributed by atoms with E-state index in [-0.39, 0.29) is 0 Å². The second-order valence-electron chi connectivity index (χ2n) is 6.69. The van der Waals surface area contributed by atoms with Gasteiger partial charge in [-0.1, -0.05) is 31.5 Å². The highest BCUT2D eigenvalue weighted by Gasteiger charge is 2.56. The van der Waals surface area contributed by atoms with Crippen LogP contribution in [0.4, 0.5) is 0 Å². The Labute approximate surface area is 127 Å². The van der Waals surface area contributed by atoms with Crippen molar-refractivity contribution in [2.45, 2.75) is 38.6 Å². The molecule has 2 fully saturated rings. The Morgan fingerprint density at radius 1 is 1.19 bits per heavy atom. The van der Waals surface area contributed by atoms with Crippen molar-refractivity contribution in [1.29, 1.82) is 0 Å². The van der Waals surface area contributed by atoms with Crippen LogP contribution in [0.2, 0.25) is 0 Å². The van der Waals surface area contributed by atoms with Gasteiger partial charge in [-0.25, -0.2) is 0 Å². The van der Waals surface area contributed by atoms with Crippen LogP contribution in [0, 0.1) is 17.8 Å². The van der Waals surface area contributed by atoms with E-state index in [0.29, 0.717) is 6.04 Å². The SMILES string of the molecule is CCCNC(c1cccc2ncccc12)C1C2CCCC21. The number of benzene rings is 1. The lowest BCUT2D eigenvalue weighted by atomic mass is 9.93. The quantitative estimate of drug-likeness (QED) is 0.882. The maximum absolute atomic E-state index is 4.53. The zero-order valence-corrected chi connectivity index (χ0v) is 12.8. The molecule has 0 amide bonds. The Kier molecular flexibility index (Phi) is 3.42. The number of fused-ring (bicyclic) bond motifs is 2. The summed E-state index contributed by atoms with van der Waals surface area (Å²) in [7, 11) is 0. The van der Waals surface area contributed by atoms with Gasteiger partial charge >= 0.3 is 0 Å². The highest BCUT2D eigenvalue weighted by molar-refractivity contribution is 5.82. The molecular weight excluding hydrogens is 256 g/mol. The number of pyridine rings is 1. The lowest BCUT2D eigenvalue weighted by Gasteiger charge is -2.22. The molecule has 0 saturated heterocycles. The maximum atomic E-state index is 4.53. The number of rotatable bonds is 5. The molecule has 0 radical (unpaired) electrons. The summed E-state index contributed by atoms with van der Waals surface area (Å²) in [5.74, 6) is 2.81. The van der Waals surface area contributed by atoms with E-state index in [0.717, 1.165) is 29.8 Å². The van der Waals surface area contributed by atoms with E-state index in [1.807, 2.05) is 6.20 Å². The van der Waals surface area contributed by atoms with Crippen LogP contribution in [-0.4, -0.2) is 11.5 Å². The van der Waals surface area contributed by atoms with E-state index >= 15 is 0 Å². The highest BCUT2D eigenvalue weighted by Crippen LogP contribution is 2.62. The monoisotopic (exact) mass is 280 g/mol. The first-order valence-corrected chi connectivity index (χ1v) is 8.47. The summed E-state index contributed by atoms with van der Waals surface area (Å²) >= 11 is 0. The van der Waals surface area contributed by atoms with Gasteiger partial charge in [-0.05, 0) is 61.3 Å². The van der Waals surface area contributed by atoms with E-state index in [9.17, 15) is 0 Å². The van der Waals surface area contributed by atoms with Crippen LogP contribution in [0.15, 0.2) is 36.5 Å². The van der Waals surface area contributed by atoms with Gasteiger partial charge in [0.15, 0.2) is 0 Å². The summed E-state index contributed by atoms with van der Waals surface area (Å²) in [5.41, 5.74) is 2.59. The van der Waals surface area contributed by atoms with Crippen molar-refractivity contribution < 1.29 is 0 Å². The molecule has 2 aliphatic carbocycles. The molecule has 21 heavy (non-hydrogen) atoms. The van der Waals surface area contributed by atoms with Crippen molar-refractivity contribution >= 4 is 10.9 Å². The van der Waals surface area contributed by atoms with Gasteiger partial charge in [-0.3, -0.25) is 4.98 Å². The fraction of sp³-hybridized carbons (Fsp3) is 0.526. The molecule has 2 saturated carbocycles. The lowest BCUT2D eigenvalue weighted by Crippen LogP contribution is -2.25. The fourth-order valence-corrected chi connectivity index (χ4v) is 4.52. The summed E-state index contributed by atoms with van der Waals surface area (Å²) in [4.78, 5) is 4.53. The molecule has 1 aromatic heterocycles. The smallest absolute Gasteiger partial charge is 0.0705 e. The van der Waals surface area contributed by atoms with Gasteiger partial charge in [0.2, 0.25) is 0 Å². The fourth-order valence-electron chi connectivity index (χ4n) is 4.52. The minimum atomic E-state index is 0.521. The van der Waals surface area contributed by atoms with Crippen molar-refractivity contribution in [2.75, 3.05) is 6.54 Å². The lowest BCUT2D eigenvalue weighted by molar-refractivity contribution is 0.420. The summed E-state index contributed by atoms with van der Waals surface area (Å²) in [6.07, 6.45) is 7.43. The third kappa shape index (κ3) is 2.26. The summed E-state index contributed by atoms with van der Waals surface area (Å²) in [6, 6.07) is 11.4. The Hall–Kier alpha value is -1.41. The summed E-state index contributed by atoms with van der Waals surface area (Å²) in [5, 5.41) is 5.17. The predicted molar refractivity (Wildman–Crippen MR) is 87.1 cm³/mol. The zero-order chi connectivity index (χ0) is 14.2. The third-order valence-electron chi connectivity index (χ3n) is 5.49. The average molecular weight is 280 g/mol. The van der Waals surface area contributed by atoms with Crippen LogP contribution < -0.4 is 5.32 Å². The molecule has 1 heterocycles. The molecule has 0 spiro atoms. The summed E-state index contributed by atoms with van der Waals surface area (Å²) in [6.45, 7) is 3.36. The van der Waals surface area contributed by atoms with Crippen molar-refractivity contribution in [2.24, 2.45) is 17.8 Å². The third-order valence-corrected chi connectivity index (χ3v) is 5.49.